The Morgan fingerprint density at radius 1 is 1.29 bits per heavy atom. The van der Waals surface area contributed by atoms with Crippen LogP contribution >= 0.6 is 0 Å². The normalized spacial score (nSPS) is 37.2. The lowest BCUT2D eigenvalue weighted by Gasteiger charge is -2.50. The lowest BCUT2D eigenvalue weighted by molar-refractivity contribution is -0.157. The molecule has 0 saturated heterocycles. The van der Waals surface area contributed by atoms with E-state index in [4.69, 9.17) is 4.74 Å². The molecule has 0 spiro atoms. The van der Waals surface area contributed by atoms with Gasteiger partial charge in [0.25, 0.3) is 0 Å². The van der Waals surface area contributed by atoms with Crippen LogP contribution in [0.5, 0.6) is 5.75 Å². The van der Waals surface area contributed by atoms with Crippen molar-refractivity contribution >= 4 is 5.97 Å². The fourth-order valence-corrected chi connectivity index (χ4v) is 5.96. The number of carbonyl (C=O) groups excluding carboxylic acids is 1. The van der Waals surface area contributed by atoms with E-state index in [1.165, 1.54) is 30.4 Å². The highest BCUT2D eigenvalue weighted by atomic mass is 16.5. The van der Waals surface area contributed by atoms with Gasteiger partial charge in [-0.05, 0) is 79.5 Å². The van der Waals surface area contributed by atoms with Crippen molar-refractivity contribution in [3.8, 4) is 5.75 Å². The molecule has 0 amide bonds. The highest BCUT2D eigenvalue weighted by Crippen LogP contribution is 2.61. The number of hydrogen-bond donors (Lipinski definition) is 1. The second-order valence-corrected chi connectivity index (χ2v) is 8.25. The zero-order valence-electron chi connectivity index (χ0n) is 14.8. The maximum absolute atomic E-state index is 11.8. The predicted octanol–water partition coefficient (Wildman–Crippen LogP) is 4.57. The highest BCUT2D eigenvalue weighted by Gasteiger charge is 2.56. The van der Waals surface area contributed by atoms with Crippen LogP contribution in [0.3, 0.4) is 0 Å². The summed E-state index contributed by atoms with van der Waals surface area (Å²) in [5.74, 6) is 2.32. The first-order chi connectivity index (χ1) is 11.5. The lowest BCUT2D eigenvalue weighted by Crippen LogP contribution is -2.45. The molecule has 0 aliphatic heterocycles. The average molecular weight is 328 g/mol. The number of aromatic hydroxyl groups is 1. The molecule has 3 aliphatic carbocycles. The topological polar surface area (TPSA) is 46.5 Å². The Bertz CT molecular complexity index is 652. The molecule has 24 heavy (non-hydrogen) atoms. The number of aryl methyl sites for hydroxylation is 1. The Hall–Kier alpha value is -1.51. The summed E-state index contributed by atoms with van der Waals surface area (Å²) in [5.41, 5.74) is 2.95. The number of esters is 1. The molecule has 3 aliphatic rings. The summed E-state index contributed by atoms with van der Waals surface area (Å²) in [7, 11) is 0. The lowest BCUT2D eigenvalue weighted by atomic mass is 9.55. The molecule has 1 aromatic rings. The molecular weight excluding hydrogens is 300 g/mol. The summed E-state index contributed by atoms with van der Waals surface area (Å²) in [6.45, 7) is 4.24. The first kappa shape index (κ1) is 16.0. The van der Waals surface area contributed by atoms with Crippen LogP contribution in [0.4, 0.5) is 0 Å². The molecule has 4 rings (SSSR count). The van der Waals surface area contributed by atoms with Gasteiger partial charge in [-0.15, -0.1) is 0 Å². The third-order valence-electron chi connectivity index (χ3n) is 7.19. The fourth-order valence-electron chi connectivity index (χ4n) is 5.96. The molecule has 0 unspecified atom stereocenters. The molecule has 5 atom stereocenters. The maximum atomic E-state index is 11.8. The van der Waals surface area contributed by atoms with Crippen molar-refractivity contribution in [3.63, 3.8) is 0 Å². The van der Waals surface area contributed by atoms with Gasteiger partial charge in [-0.3, -0.25) is 4.79 Å². The van der Waals surface area contributed by atoms with E-state index < -0.39 is 0 Å². The molecule has 0 bridgehead atoms. The molecule has 3 heteroatoms. The summed E-state index contributed by atoms with van der Waals surface area (Å²) in [6.07, 6.45) is 7.38. The smallest absolute Gasteiger partial charge is 0.305 e. The van der Waals surface area contributed by atoms with E-state index in [-0.39, 0.29) is 17.5 Å². The Morgan fingerprint density at radius 2 is 2.12 bits per heavy atom. The minimum absolute atomic E-state index is 0.0477. The van der Waals surface area contributed by atoms with Gasteiger partial charge in [0, 0.05) is 11.8 Å². The van der Waals surface area contributed by atoms with Crippen LogP contribution in [-0.4, -0.2) is 17.2 Å². The monoisotopic (exact) mass is 328 g/mol. The Balaban J connectivity index is 1.60. The van der Waals surface area contributed by atoms with Crippen molar-refractivity contribution in [1.82, 2.24) is 0 Å². The second kappa shape index (κ2) is 5.79. The van der Waals surface area contributed by atoms with Crippen molar-refractivity contribution in [2.24, 2.45) is 17.3 Å². The van der Waals surface area contributed by atoms with Crippen LogP contribution < -0.4 is 0 Å². The second-order valence-electron chi connectivity index (χ2n) is 8.25. The molecule has 0 radical (unpaired) electrons. The van der Waals surface area contributed by atoms with Gasteiger partial charge in [0.2, 0.25) is 0 Å². The number of fused-ring (bicyclic) bond motifs is 5. The largest absolute Gasteiger partial charge is 0.508 e. The standard InChI is InChI=1S/C21H28O3/c1-3-20(23)24-19-9-8-18-17-6-4-13-12-14(22)5-7-15(13)16(17)10-11-21(18,19)2/h5,7,12,16-19,22H,3-4,6,8-11H2,1-2H3/t16-,17-,18-,19-,21-/m1/s1. The zero-order valence-corrected chi connectivity index (χ0v) is 14.8. The van der Waals surface area contributed by atoms with E-state index in [1.54, 1.807) is 0 Å². The van der Waals surface area contributed by atoms with Gasteiger partial charge in [-0.1, -0.05) is 19.9 Å². The molecule has 0 aromatic heterocycles. The first-order valence-corrected chi connectivity index (χ1v) is 9.54. The third-order valence-corrected chi connectivity index (χ3v) is 7.19. The van der Waals surface area contributed by atoms with E-state index >= 15 is 0 Å². The van der Waals surface area contributed by atoms with E-state index in [0.29, 0.717) is 29.9 Å². The van der Waals surface area contributed by atoms with Crippen molar-refractivity contribution in [2.45, 2.75) is 70.8 Å². The van der Waals surface area contributed by atoms with Gasteiger partial charge >= 0.3 is 5.97 Å². The van der Waals surface area contributed by atoms with Gasteiger partial charge < -0.3 is 9.84 Å². The summed E-state index contributed by atoms with van der Waals surface area (Å²) < 4.78 is 5.83. The maximum Gasteiger partial charge on any atom is 0.305 e. The van der Waals surface area contributed by atoms with Gasteiger partial charge in [-0.2, -0.15) is 0 Å². The Morgan fingerprint density at radius 3 is 2.92 bits per heavy atom. The predicted molar refractivity (Wildman–Crippen MR) is 92.9 cm³/mol. The minimum atomic E-state index is -0.0477. The van der Waals surface area contributed by atoms with E-state index in [9.17, 15) is 9.90 Å². The van der Waals surface area contributed by atoms with Gasteiger partial charge in [0.1, 0.15) is 11.9 Å². The summed E-state index contributed by atoms with van der Waals surface area (Å²) in [5, 5.41) is 9.77. The van der Waals surface area contributed by atoms with Gasteiger partial charge in [-0.25, -0.2) is 0 Å². The van der Waals surface area contributed by atoms with Crippen molar-refractivity contribution < 1.29 is 14.6 Å². The number of rotatable bonds is 2. The average Bonchev–Trinajstić information content (AvgIpc) is 2.90. The van der Waals surface area contributed by atoms with Crippen LogP contribution in [0.25, 0.3) is 0 Å². The van der Waals surface area contributed by atoms with Gasteiger partial charge in [0.15, 0.2) is 0 Å². The number of ether oxygens (including phenoxy) is 1. The number of benzene rings is 1. The number of phenolic OH excluding ortho intramolecular Hbond substituents is 1. The summed E-state index contributed by atoms with van der Waals surface area (Å²) in [4.78, 5) is 11.8. The molecule has 3 nitrogen and oxygen atoms in total. The van der Waals surface area contributed by atoms with Crippen molar-refractivity contribution in [2.75, 3.05) is 0 Å². The molecule has 2 saturated carbocycles. The SMILES string of the molecule is CCC(=O)O[C@@H]1CC[C@@H]2[C@@H]3CCc4cc(O)ccc4[C@H]3CC[C@]21C. The van der Waals surface area contributed by atoms with Crippen LogP contribution in [0.1, 0.15) is 69.4 Å². The Labute approximate surface area is 144 Å². The quantitative estimate of drug-likeness (QED) is 0.809. The number of carbonyl (C=O) groups is 1. The highest BCUT2D eigenvalue weighted by molar-refractivity contribution is 5.69. The molecule has 0 heterocycles. The summed E-state index contributed by atoms with van der Waals surface area (Å²) in [6, 6.07) is 5.95. The van der Waals surface area contributed by atoms with Crippen molar-refractivity contribution in [1.29, 1.82) is 0 Å². The molecular formula is C21H28O3. The first-order valence-electron chi connectivity index (χ1n) is 9.54. The molecule has 1 aromatic carbocycles. The van der Waals surface area contributed by atoms with E-state index in [0.717, 1.165) is 19.3 Å². The zero-order chi connectivity index (χ0) is 16.9. The van der Waals surface area contributed by atoms with Gasteiger partial charge in [0.05, 0.1) is 0 Å². The summed E-state index contributed by atoms with van der Waals surface area (Å²) >= 11 is 0. The van der Waals surface area contributed by atoms with Crippen LogP contribution in [0.2, 0.25) is 0 Å². The molecule has 130 valence electrons. The van der Waals surface area contributed by atoms with E-state index in [2.05, 4.69) is 13.0 Å². The van der Waals surface area contributed by atoms with Crippen LogP contribution in [-0.2, 0) is 16.0 Å². The minimum Gasteiger partial charge on any atom is -0.508 e. The van der Waals surface area contributed by atoms with E-state index in [1.807, 2.05) is 19.1 Å². The Kier molecular flexibility index (Phi) is 3.85. The van der Waals surface area contributed by atoms with Crippen LogP contribution in [0, 0.1) is 17.3 Å². The number of hydrogen-bond acceptors (Lipinski definition) is 3. The van der Waals surface area contributed by atoms with Crippen molar-refractivity contribution in [3.05, 3.63) is 29.3 Å². The fraction of sp³-hybridized carbons (Fsp3) is 0.667. The third kappa shape index (κ3) is 2.35. The van der Waals surface area contributed by atoms with Crippen LogP contribution in [0.15, 0.2) is 18.2 Å². The molecule has 1 N–H and O–H groups in total. The molecule has 2 fully saturated rings. The number of phenols is 1.